The summed E-state index contributed by atoms with van der Waals surface area (Å²) in [5.74, 6) is 0.0196. The van der Waals surface area contributed by atoms with Crippen molar-refractivity contribution in [1.29, 1.82) is 0 Å². The largest absolute Gasteiger partial charge is 0.378 e. The van der Waals surface area contributed by atoms with E-state index in [1.165, 1.54) is 11.3 Å². The van der Waals surface area contributed by atoms with Crippen LogP contribution in [0, 0.1) is 0 Å². The van der Waals surface area contributed by atoms with Crippen LogP contribution in [0.5, 0.6) is 0 Å². The quantitative estimate of drug-likeness (QED) is 0.942. The van der Waals surface area contributed by atoms with E-state index in [1.807, 2.05) is 49.3 Å². The van der Waals surface area contributed by atoms with E-state index in [0.717, 1.165) is 17.8 Å². The van der Waals surface area contributed by atoms with Crippen LogP contribution in [-0.2, 0) is 11.2 Å². The number of carbonyl (C=O) groups is 1. The Labute approximate surface area is 137 Å². The molecule has 0 saturated heterocycles. The Morgan fingerprint density at radius 2 is 1.87 bits per heavy atom. The Balaban J connectivity index is 1.66. The standard InChI is InChI=1S/C19H23N3O/c1-14-12-15-6-4-5-7-18(15)22(14)13-19(23)20-16-8-10-17(11-9-16)21(2)3/h4-11,14H,12-13H2,1-3H3,(H,20,23). The van der Waals surface area contributed by atoms with Gasteiger partial charge in [0.2, 0.25) is 5.91 Å². The molecular formula is C19H23N3O. The normalized spacial score (nSPS) is 16.1. The van der Waals surface area contributed by atoms with Crippen LogP contribution in [-0.4, -0.2) is 32.6 Å². The number of amides is 1. The predicted octanol–water partition coefficient (Wildman–Crippen LogP) is 3.14. The van der Waals surface area contributed by atoms with Crippen molar-refractivity contribution in [2.45, 2.75) is 19.4 Å². The lowest BCUT2D eigenvalue weighted by molar-refractivity contribution is -0.115. The van der Waals surface area contributed by atoms with Gasteiger partial charge < -0.3 is 15.1 Å². The predicted molar refractivity (Wildman–Crippen MR) is 96.4 cm³/mol. The van der Waals surface area contributed by atoms with Crippen LogP contribution in [0.3, 0.4) is 0 Å². The second-order valence-corrected chi connectivity index (χ2v) is 6.30. The van der Waals surface area contributed by atoms with Crippen molar-refractivity contribution in [1.82, 2.24) is 0 Å². The Morgan fingerprint density at radius 3 is 2.57 bits per heavy atom. The maximum Gasteiger partial charge on any atom is 0.243 e. The van der Waals surface area contributed by atoms with Gasteiger partial charge in [-0.2, -0.15) is 0 Å². The van der Waals surface area contributed by atoms with Crippen molar-refractivity contribution < 1.29 is 4.79 Å². The molecular weight excluding hydrogens is 286 g/mol. The molecule has 1 heterocycles. The minimum absolute atomic E-state index is 0.0196. The van der Waals surface area contributed by atoms with Crippen LogP contribution in [0.4, 0.5) is 17.1 Å². The third-order valence-electron chi connectivity index (χ3n) is 4.33. The SMILES string of the molecule is CC1Cc2ccccc2N1CC(=O)Nc1ccc(N(C)C)cc1. The van der Waals surface area contributed by atoms with Crippen LogP contribution < -0.4 is 15.1 Å². The molecule has 1 aliphatic rings. The van der Waals surface area contributed by atoms with Gasteiger partial charge in [-0.15, -0.1) is 0 Å². The van der Waals surface area contributed by atoms with Gasteiger partial charge in [-0.1, -0.05) is 18.2 Å². The number of hydrogen-bond donors (Lipinski definition) is 1. The molecule has 0 aromatic heterocycles. The van der Waals surface area contributed by atoms with E-state index in [2.05, 4.69) is 35.3 Å². The van der Waals surface area contributed by atoms with Gasteiger partial charge in [-0.05, 0) is 49.2 Å². The molecule has 0 aliphatic carbocycles. The number of nitrogens with one attached hydrogen (secondary N) is 1. The lowest BCUT2D eigenvalue weighted by Crippen LogP contribution is -2.37. The fourth-order valence-electron chi connectivity index (χ4n) is 3.07. The number of carbonyl (C=O) groups excluding carboxylic acids is 1. The van der Waals surface area contributed by atoms with Gasteiger partial charge in [0.05, 0.1) is 6.54 Å². The molecule has 120 valence electrons. The fourth-order valence-corrected chi connectivity index (χ4v) is 3.07. The number of para-hydroxylation sites is 1. The first-order valence-electron chi connectivity index (χ1n) is 7.96. The summed E-state index contributed by atoms with van der Waals surface area (Å²) in [6.07, 6.45) is 1.00. The Bertz CT molecular complexity index is 694. The Hall–Kier alpha value is -2.49. The molecule has 0 radical (unpaired) electrons. The fraction of sp³-hybridized carbons (Fsp3) is 0.316. The number of anilines is 3. The minimum atomic E-state index is 0.0196. The number of nitrogens with zero attached hydrogens (tertiary/aromatic N) is 2. The van der Waals surface area contributed by atoms with Gasteiger partial charge in [-0.3, -0.25) is 4.79 Å². The third kappa shape index (κ3) is 3.31. The molecule has 1 unspecified atom stereocenters. The lowest BCUT2D eigenvalue weighted by Gasteiger charge is -2.24. The van der Waals surface area contributed by atoms with Crippen molar-refractivity contribution in [2.75, 3.05) is 35.8 Å². The zero-order valence-corrected chi connectivity index (χ0v) is 13.9. The van der Waals surface area contributed by atoms with Gasteiger partial charge in [0, 0.05) is 37.2 Å². The van der Waals surface area contributed by atoms with E-state index in [-0.39, 0.29) is 5.91 Å². The van der Waals surface area contributed by atoms with E-state index in [4.69, 9.17) is 0 Å². The smallest absolute Gasteiger partial charge is 0.243 e. The maximum absolute atomic E-state index is 12.4. The molecule has 0 spiro atoms. The van der Waals surface area contributed by atoms with Gasteiger partial charge in [0.1, 0.15) is 0 Å². The molecule has 4 nitrogen and oxygen atoms in total. The summed E-state index contributed by atoms with van der Waals surface area (Å²) in [5.41, 5.74) is 4.45. The number of benzene rings is 2. The molecule has 1 N–H and O–H groups in total. The molecule has 0 bridgehead atoms. The van der Waals surface area contributed by atoms with Crippen LogP contribution in [0.15, 0.2) is 48.5 Å². The second-order valence-electron chi connectivity index (χ2n) is 6.30. The molecule has 0 fully saturated rings. The van der Waals surface area contributed by atoms with E-state index in [0.29, 0.717) is 12.6 Å². The molecule has 23 heavy (non-hydrogen) atoms. The van der Waals surface area contributed by atoms with Gasteiger partial charge in [-0.25, -0.2) is 0 Å². The van der Waals surface area contributed by atoms with Crippen LogP contribution in [0.25, 0.3) is 0 Å². The lowest BCUT2D eigenvalue weighted by atomic mass is 10.1. The highest BCUT2D eigenvalue weighted by molar-refractivity contribution is 5.94. The first-order chi connectivity index (χ1) is 11.0. The number of rotatable bonds is 4. The summed E-state index contributed by atoms with van der Waals surface area (Å²) in [6.45, 7) is 2.55. The minimum Gasteiger partial charge on any atom is -0.378 e. The highest BCUT2D eigenvalue weighted by Crippen LogP contribution is 2.31. The van der Waals surface area contributed by atoms with E-state index >= 15 is 0 Å². The summed E-state index contributed by atoms with van der Waals surface area (Å²) in [6, 6.07) is 16.6. The van der Waals surface area contributed by atoms with Gasteiger partial charge in [0.15, 0.2) is 0 Å². The highest BCUT2D eigenvalue weighted by Gasteiger charge is 2.26. The zero-order valence-electron chi connectivity index (χ0n) is 13.9. The monoisotopic (exact) mass is 309 g/mol. The van der Waals surface area contributed by atoms with Crippen molar-refractivity contribution in [2.24, 2.45) is 0 Å². The van der Waals surface area contributed by atoms with Crippen molar-refractivity contribution in [3.8, 4) is 0 Å². The molecule has 4 heteroatoms. The first kappa shape index (κ1) is 15.4. The molecule has 1 atom stereocenters. The van der Waals surface area contributed by atoms with Crippen molar-refractivity contribution in [3.05, 3.63) is 54.1 Å². The summed E-state index contributed by atoms with van der Waals surface area (Å²) in [5, 5.41) is 2.99. The average molecular weight is 309 g/mol. The average Bonchev–Trinajstić information content (AvgIpc) is 2.84. The zero-order chi connectivity index (χ0) is 16.4. The summed E-state index contributed by atoms with van der Waals surface area (Å²) >= 11 is 0. The van der Waals surface area contributed by atoms with Crippen molar-refractivity contribution >= 4 is 23.0 Å². The molecule has 1 amide bonds. The van der Waals surface area contributed by atoms with Gasteiger partial charge in [0.25, 0.3) is 0 Å². The molecule has 2 aromatic rings. The summed E-state index contributed by atoms with van der Waals surface area (Å²) in [4.78, 5) is 16.6. The van der Waals surface area contributed by atoms with Crippen LogP contribution in [0.1, 0.15) is 12.5 Å². The third-order valence-corrected chi connectivity index (χ3v) is 4.33. The topological polar surface area (TPSA) is 35.6 Å². The Kier molecular flexibility index (Phi) is 4.24. The van der Waals surface area contributed by atoms with E-state index in [9.17, 15) is 4.79 Å². The number of hydrogen-bond acceptors (Lipinski definition) is 3. The maximum atomic E-state index is 12.4. The molecule has 3 rings (SSSR count). The molecule has 1 aliphatic heterocycles. The van der Waals surface area contributed by atoms with E-state index < -0.39 is 0 Å². The first-order valence-corrected chi connectivity index (χ1v) is 7.96. The van der Waals surface area contributed by atoms with Crippen LogP contribution in [0.2, 0.25) is 0 Å². The number of fused-ring (bicyclic) bond motifs is 1. The summed E-state index contributed by atoms with van der Waals surface area (Å²) in [7, 11) is 4.00. The second kappa shape index (κ2) is 6.32. The van der Waals surface area contributed by atoms with Crippen LogP contribution >= 0.6 is 0 Å². The summed E-state index contributed by atoms with van der Waals surface area (Å²) < 4.78 is 0. The molecule has 0 saturated carbocycles. The van der Waals surface area contributed by atoms with E-state index in [1.54, 1.807) is 0 Å². The molecule has 2 aromatic carbocycles. The highest BCUT2D eigenvalue weighted by atomic mass is 16.2. The Morgan fingerprint density at radius 1 is 1.17 bits per heavy atom. The van der Waals surface area contributed by atoms with Gasteiger partial charge >= 0.3 is 0 Å². The van der Waals surface area contributed by atoms with Crippen molar-refractivity contribution in [3.63, 3.8) is 0 Å².